The summed E-state index contributed by atoms with van der Waals surface area (Å²) < 4.78 is 0. The van der Waals surface area contributed by atoms with Crippen molar-refractivity contribution in [2.75, 3.05) is 0 Å². The normalized spacial score (nSPS) is 17.1. The molecule has 0 spiro atoms. The molecule has 0 bridgehead atoms. The highest BCUT2D eigenvalue weighted by Crippen LogP contribution is 2.25. The Labute approximate surface area is 104 Å². The van der Waals surface area contributed by atoms with E-state index in [1.54, 1.807) is 0 Å². The van der Waals surface area contributed by atoms with E-state index < -0.39 is 0 Å². The summed E-state index contributed by atoms with van der Waals surface area (Å²) in [6.45, 7) is 11.8. The predicted molar refractivity (Wildman–Crippen MR) is 75.8 cm³/mol. The van der Waals surface area contributed by atoms with Crippen LogP contribution in [0.1, 0.15) is 86.0 Å². The molecule has 0 aliphatic rings. The highest BCUT2D eigenvalue weighted by atomic mass is 14.2. The first-order valence-electron chi connectivity index (χ1n) is 7.63. The first-order valence-corrected chi connectivity index (χ1v) is 7.63. The number of rotatable bonds is 10. The van der Waals surface area contributed by atoms with Crippen molar-refractivity contribution >= 4 is 0 Å². The van der Waals surface area contributed by atoms with Crippen LogP contribution in [0.2, 0.25) is 0 Å². The Morgan fingerprint density at radius 3 is 1.94 bits per heavy atom. The fourth-order valence-electron chi connectivity index (χ4n) is 2.63. The smallest absolute Gasteiger partial charge is 0.0414 e. The molecule has 0 saturated heterocycles. The molecule has 0 N–H and O–H groups in total. The highest BCUT2D eigenvalue weighted by molar-refractivity contribution is 4.63. The van der Waals surface area contributed by atoms with E-state index in [-0.39, 0.29) is 0 Å². The number of hydrogen-bond acceptors (Lipinski definition) is 0. The molecule has 0 amide bonds. The molecule has 0 aliphatic carbocycles. The van der Waals surface area contributed by atoms with Gasteiger partial charge in [-0.05, 0) is 24.2 Å². The molecule has 0 heteroatoms. The average Bonchev–Trinajstić information content (AvgIpc) is 2.27. The zero-order valence-corrected chi connectivity index (χ0v) is 12.4. The lowest BCUT2D eigenvalue weighted by Gasteiger charge is -2.20. The lowest BCUT2D eigenvalue weighted by molar-refractivity contribution is 0.327. The maximum atomic E-state index is 2.43. The van der Waals surface area contributed by atoms with Crippen molar-refractivity contribution in [3.63, 3.8) is 0 Å². The second-order valence-electron chi connectivity index (χ2n) is 5.85. The second kappa shape index (κ2) is 10.2. The Bertz CT molecular complexity index is 139. The van der Waals surface area contributed by atoms with Gasteiger partial charge in [0.25, 0.3) is 0 Å². The van der Waals surface area contributed by atoms with Gasteiger partial charge >= 0.3 is 0 Å². The van der Waals surface area contributed by atoms with E-state index in [2.05, 4.69) is 34.6 Å². The minimum Gasteiger partial charge on any atom is -0.0654 e. The Kier molecular flexibility index (Phi) is 10.2. The van der Waals surface area contributed by atoms with Crippen LogP contribution in [0.4, 0.5) is 0 Å². The molecule has 0 aromatic carbocycles. The highest BCUT2D eigenvalue weighted by Gasteiger charge is 2.11. The third-order valence-corrected chi connectivity index (χ3v) is 4.10. The van der Waals surface area contributed by atoms with E-state index in [0.29, 0.717) is 0 Å². The molecule has 16 heavy (non-hydrogen) atoms. The molecule has 0 aromatic heterocycles. The van der Waals surface area contributed by atoms with Gasteiger partial charge < -0.3 is 0 Å². The van der Waals surface area contributed by atoms with Crippen LogP contribution in [0.15, 0.2) is 0 Å². The van der Waals surface area contributed by atoms with Gasteiger partial charge in [0, 0.05) is 0 Å². The van der Waals surface area contributed by atoms with Crippen LogP contribution in [0.25, 0.3) is 0 Å². The molecular weight excluding hydrogens is 192 g/mol. The summed E-state index contributed by atoms with van der Waals surface area (Å²) in [6.07, 6.45) is 11.3. The van der Waals surface area contributed by atoms with Crippen molar-refractivity contribution < 1.29 is 0 Å². The van der Waals surface area contributed by atoms with Crippen LogP contribution in [0, 0.1) is 17.8 Å². The van der Waals surface area contributed by atoms with Gasteiger partial charge in [-0.3, -0.25) is 0 Å². The first-order chi connectivity index (χ1) is 7.63. The molecule has 98 valence electrons. The molecule has 0 saturated carbocycles. The molecule has 3 atom stereocenters. The zero-order valence-electron chi connectivity index (χ0n) is 12.4. The largest absolute Gasteiger partial charge is 0.0654 e. The van der Waals surface area contributed by atoms with Crippen molar-refractivity contribution in [3.05, 3.63) is 0 Å². The Balaban J connectivity index is 3.66. The summed E-state index contributed by atoms with van der Waals surface area (Å²) in [4.78, 5) is 0. The maximum Gasteiger partial charge on any atom is -0.0414 e. The zero-order chi connectivity index (χ0) is 12.4. The topological polar surface area (TPSA) is 0 Å². The van der Waals surface area contributed by atoms with Gasteiger partial charge in [-0.1, -0.05) is 79.6 Å². The van der Waals surface area contributed by atoms with E-state index in [0.717, 1.165) is 17.8 Å². The van der Waals surface area contributed by atoms with Crippen LogP contribution in [0.5, 0.6) is 0 Å². The van der Waals surface area contributed by atoms with Crippen LogP contribution in [-0.2, 0) is 0 Å². The summed E-state index contributed by atoms with van der Waals surface area (Å²) in [5, 5.41) is 0. The standard InChI is InChI=1S/C16H34/c1-6-10-15(5)13-16(8-3)12-9-11-14(4)7-2/h14-16H,6-13H2,1-5H3. The lowest BCUT2D eigenvalue weighted by atomic mass is 9.86. The molecular formula is C16H34. The Morgan fingerprint density at radius 2 is 1.44 bits per heavy atom. The minimum atomic E-state index is 0.936. The molecule has 3 unspecified atom stereocenters. The molecule has 0 rings (SSSR count). The molecule has 0 radical (unpaired) electrons. The van der Waals surface area contributed by atoms with E-state index in [1.807, 2.05) is 0 Å². The summed E-state index contributed by atoms with van der Waals surface area (Å²) >= 11 is 0. The van der Waals surface area contributed by atoms with E-state index in [1.165, 1.54) is 51.4 Å². The minimum absolute atomic E-state index is 0.936. The van der Waals surface area contributed by atoms with Crippen molar-refractivity contribution in [3.8, 4) is 0 Å². The summed E-state index contributed by atoms with van der Waals surface area (Å²) in [5.74, 6) is 2.87. The second-order valence-corrected chi connectivity index (χ2v) is 5.85. The summed E-state index contributed by atoms with van der Waals surface area (Å²) in [6, 6.07) is 0. The molecule has 0 aromatic rings. The third kappa shape index (κ3) is 8.19. The summed E-state index contributed by atoms with van der Waals surface area (Å²) in [5.41, 5.74) is 0. The molecule has 0 nitrogen and oxygen atoms in total. The maximum absolute atomic E-state index is 2.43. The van der Waals surface area contributed by atoms with Crippen molar-refractivity contribution in [2.45, 2.75) is 86.0 Å². The van der Waals surface area contributed by atoms with E-state index in [9.17, 15) is 0 Å². The van der Waals surface area contributed by atoms with Crippen molar-refractivity contribution in [1.29, 1.82) is 0 Å². The monoisotopic (exact) mass is 226 g/mol. The molecule has 0 aliphatic heterocycles. The first kappa shape index (κ1) is 16.0. The van der Waals surface area contributed by atoms with Gasteiger partial charge in [-0.2, -0.15) is 0 Å². The third-order valence-electron chi connectivity index (χ3n) is 4.10. The molecule has 0 heterocycles. The van der Waals surface area contributed by atoms with E-state index >= 15 is 0 Å². The van der Waals surface area contributed by atoms with Gasteiger partial charge in [0.15, 0.2) is 0 Å². The Hall–Kier alpha value is 0. The van der Waals surface area contributed by atoms with Gasteiger partial charge in [-0.25, -0.2) is 0 Å². The number of hydrogen-bond donors (Lipinski definition) is 0. The van der Waals surface area contributed by atoms with Crippen LogP contribution >= 0.6 is 0 Å². The predicted octanol–water partition coefficient (Wildman–Crippen LogP) is 6.06. The Morgan fingerprint density at radius 1 is 0.750 bits per heavy atom. The van der Waals surface area contributed by atoms with Crippen LogP contribution < -0.4 is 0 Å². The van der Waals surface area contributed by atoms with Crippen LogP contribution in [-0.4, -0.2) is 0 Å². The van der Waals surface area contributed by atoms with Crippen LogP contribution in [0.3, 0.4) is 0 Å². The van der Waals surface area contributed by atoms with Crippen molar-refractivity contribution in [2.24, 2.45) is 17.8 Å². The fraction of sp³-hybridized carbons (Fsp3) is 1.00. The van der Waals surface area contributed by atoms with Gasteiger partial charge in [-0.15, -0.1) is 0 Å². The van der Waals surface area contributed by atoms with Crippen molar-refractivity contribution in [1.82, 2.24) is 0 Å². The van der Waals surface area contributed by atoms with E-state index in [4.69, 9.17) is 0 Å². The summed E-state index contributed by atoms with van der Waals surface area (Å²) in [7, 11) is 0. The lowest BCUT2D eigenvalue weighted by Crippen LogP contribution is -2.06. The fourth-order valence-corrected chi connectivity index (χ4v) is 2.63. The SMILES string of the molecule is CCCC(C)CC(CC)CCCC(C)CC. The average molecular weight is 226 g/mol. The molecule has 0 fully saturated rings. The van der Waals surface area contributed by atoms with Gasteiger partial charge in [0.05, 0.1) is 0 Å². The quantitative estimate of drug-likeness (QED) is 0.425. The van der Waals surface area contributed by atoms with Gasteiger partial charge in [0.1, 0.15) is 0 Å². The van der Waals surface area contributed by atoms with Gasteiger partial charge in [0.2, 0.25) is 0 Å².